The maximum atomic E-state index is 5.13. The maximum absolute atomic E-state index is 5.13. The van der Waals surface area contributed by atoms with E-state index in [4.69, 9.17) is 4.74 Å². The Hall–Kier alpha value is -1.45. The van der Waals surface area contributed by atoms with Crippen LogP contribution in [-0.4, -0.2) is 25.2 Å². The van der Waals surface area contributed by atoms with E-state index in [1.165, 1.54) is 19.3 Å². The van der Waals surface area contributed by atoms with Crippen LogP contribution in [-0.2, 0) is 0 Å². The number of fused-ring (bicyclic) bond motifs is 1. The molecule has 0 atom stereocenters. The molecule has 1 aromatic heterocycles. The van der Waals surface area contributed by atoms with Crippen LogP contribution < -0.4 is 15.4 Å². The van der Waals surface area contributed by atoms with E-state index in [-0.39, 0.29) is 0 Å². The second kappa shape index (κ2) is 3.54. The molecular formula is C12H17N3O. The van der Waals surface area contributed by atoms with E-state index in [0.29, 0.717) is 11.3 Å². The molecule has 0 aromatic carbocycles. The van der Waals surface area contributed by atoms with Gasteiger partial charge in [-0.15, -0.1) is 0 Å². The zero-order valence-electron chi connectivity index (χ0n) is 9.55. The molecule has 4 nitrogen and oxygen atoms in total. The van der Waals surface area contributed by atoms with Crippen LogP contribution in [0.1, 0.15) is 19.3 Å². The monoisotopic (exact) mass is 219 g/mol. The minimum absolute atomic E-state index is 0.452. The lowest BCUT2D eigenvalue weighted by molar-refractivity contribution is 0.171. The summed E-state index contributed by atoms with van der Waals surface area (Å²) in [7, 11) is 1.65. The molecular weight excluding hydrogens is 202 g/mol. The number of hydrogen-bond donors (Lipinski definition) is 2. The predicted octanol–water partition coefficient (Wildman–Crippen LogP) is 2.10. The van der Waals surface area contributed by atoms with E-state index in [9.17, 15) is 0 Å². The summed E-state index contributed by atoms with van der Waals surface area (Å²) < 4.78 is 5.13. The van der Waals surface area contributed by atoms with Crippen molar-refractivity contribution in [2.75, 3.05) is 30.8 Å². The molecule has 0 bridgehead atoms. The smallest absolute Gasteiger partial charge is 0.215 e. The molecule has 1 aliphatic heterocycles. The lowest BCUT2D eigenvalue weighted by Crippen LogP contribution is -2.40. The highest BCUT2D eigenvalue weighted by Gasteiger charge is 2.38. The minimum Gasteiger partial charge on any atom is -0.481 e. The first-order valence-corrected chi connectivity index (χ1v) is 5.84. The van der Waals surface area contributed by atoms with Crippen LogP contribution >= 0.6 is 0 Å². The van der Waals surface area contributed by atoms with Crippen molar-refractivity contribution in [2.45, 2.75) is 19.3 Å². The van der Waals surface area contributed by atoms with Crippen molar-refractivity contribution in [1.82, 2.24) is 4.98 Å². The SMILES string of the molecule is COc1ccc2c(n1)NCC1(CCC1)CN2. The molecule has 16 heavy (non-hydrogen) atoms. The van der Waals surface area contributed by atoms with Gasteiger partial charge >= 0.3 is 0 Å². The van der Waals surface area contributed by atoms with Gasteiger partial charge in [-0.25, -0.2) is 0 Å². The third kappa shape index (κ3) is 1.49. The van der Waals surface area contributed by atoms with Gasteiger partial charge < -0.3 is 15.4 Å². The fourth-order valence-corrected chi connectivity index (χ4v) is 2.48. The van der Waals surface area contributed by atoms with Crippen molar-refractivity contribution in [3.05, 3.63) is 12.1 Å². The van der Waals surface area contributed by atoms with Gasteiger partial charge in [-0.2, -0.15) is 4.98 Å². The van der Waals surface area contributed by atoms with E-state index in [0.717, 1.165) is 24.6 Å². The Morgan fingerprint density at radius 1 is 1.25 bits per heavy atom. The molecule has 0 saturated heterocycles. The zero-order valence-corrected chi connectivity index (χ0v) is 9.55. The Kier molecular flexibility index (Phi) is 2.16. The Balaban J connectivity index is 1.85. The molecule has 2 N–H and O–H groups in total. The van der Waals surface area contributed by atoms with E-state index in [1.54, 1.807) is 7.11 Å². The number of nitrogens with one attached hydrogen (secondary N) is 2. The van der Waals surface area contributed by atoms with Gasteiger partial charge in [-0.1, -0.05) is 6.42 Å². The molecule has 1 fully saturated rings. The number of nitrogens with zero attached hydrogens (tertiary/aromatic N) is 1. The number of hydrogen-bond acceptors (Lipinski definition) is 4. The zero-order chi connectivity index (χ0) is 11.0. The van der Waals surface area contributed by atoms with Crippen molar-refractivity contribution in [2.24, 2.45) is 5.41 Å². The van der Waals surface area contributed by atoms with Crippen LogP contribution in [0.2, 0.25) is 0 Å². The van der Waals surface area contributed by atoms with Gasteiger partial charge in [0.25, 0.3) is 0 Å². The summed E-state index contributed by atoms with van der Waals surface area (Å²) in [4.78, 5) is 4.42. The van der Waals surface area contributed by atoms with E-state index >= 15 is 0 Å². The second-order valence-corrected chi connectivity index (χ2v) is 4.81. The van der Waals surface area contributed by atoms with Crippen molar-refractivity contribution in [3.8, 4) is 5.88 Å². The fourth-order valence-electron chi connectivity index (χ4n) is 2.48. The molecule has 1 spiro atoms. The molecule has 1 aliphatic carbocycles. The Morgan fingerprint density at radius 2 is 2.06 bits per heavy atom. The quantitative estimate of drug-likeness (QED) is 0.759. The van der Waals surface area contributed by atoms with Crippen molar-refractivity contribution in [3.63, 3.8) is 0 Å². The number of pyridine rings is 1. The molecule has 0 amide bonds. The Labute approximate surface area is 95.4 Å². The molecule has 1 aromatic rings. The van der Waals surface area contributed by atoms with Crippen molar-refractivity contribution >= 4 is 11.5 Å². The topological polar surface area (TPSA) is 46.2 Å². The summed E-state index contributed by atoms with van der Waals surface area (Å²) in [6.07, 6.45) is 3.99. The minimum atomic E-state index is 0.452. The number of ether oxygens (including phenoxy) is 1. The summed E-state index contributed by atoms with van der Waals surface area (Å²) in [5.41, 5.74) is 1.54. The highest BCUT2D eigenvalue weighted by atomic mass is 16.5. The van der Waals surface area contributed by atoms with Crippen LogP contribution in [0.25, 0.3) is 0 Å². The van der Waals surface area contributed by atoms with E-state index in [2.05, 4.69) is 15.6 Å². The highest BCUT2D eigenvalue weighted by molar-refractivity contribution is 5.66. The van der Waals surface area contributed by atoms with Gasteiger partial charge in [-0.05, 0) is 18.9 Å². The van der Waals surface area contributed by atoms with Gasteiger partial charge in [-0.3, -0.25) is 0 Å². The third-order valence-corrected chi connectivity index (χ3v) is 3.78. The predicted molar refractivity (Wildman–Crippen MR) is 64.1 cm³/mol. The van der Waals surface area contributed by atoms with Gasteiger partial charge in [0.1, 0.15) is 0 Å². The first-order valence-electron chi connectivity index (χ1n) is 5.84. The van der Waals surface area contributed by atoms with Gasteiger partial charge in [0.05, 0.1) is 12.8 Å². The first kappa shape index (κ1) is 9.75. The highest BCUT2D eigenvalue weighted by Crippen LogP contribution is 2.43. The number of rotatable bonds is 1. The van der Waals surface area contributed by atoms with Gasteiger partial charge in [0, 0.05) is 24.6 Å². The van der Waals surface area contributed by atoms with Crippen molar-refractivity contribution < 1.29 is 4.74 Å². The first-order chi connectivity index (χ1) is 7.81. The molecule has 86 valence electrons. The molecule has 2 heterocycles. The average molecular weight is 219 g/mol. The second-order valence-electron chi connectivity index (χ2n) is 4.81. The third-order valence-electron chi connectivity index (χ3n) is 3.78. The number of anilines is 2. The normalized spacial score (nSPS) is 21.1. The summed E-state index contributed by atoms with van der Waals surface area (Å²) in [6.45, 7) is 2.08. The van der Waals surface area contributed by atoms with Crippen LogP contribution in [0.15, 0.2) is 12.1 Å². The standard InChI is InChI=1S/C12H17N3O/c1-16-10-4-3-9-11(15-10)14-8-12(7-13-9)5-2-6-12/h3-4,13H,2,5-8H2,1H3,(H,14,15). The summed E-state index contributed by atoms with van der Waals surface area (Å²) in [6, 6.07) is 3.93. The molecule has 1 saturated carbocycles. The molecule has 0 radical (unpaired) electrons. The van der Waals surface area contributed by atoms with E-state index in [1.807, 2.05) is 12.1 Å². The molecule has 3 rings (SSSR count). The van der Waals surface area contributed by atoms with Gasteiger partial charge in [0.15, 0.2) is 5.82 Å². The molecule has 0 unspecified atom stereocenters. The van der Waals surface area contributed by atoms with Crippen LogP contribution in [0.4, 0.5) is 11.5 Å². The molecule has 4 heteroatoms. The fraction of sp³-hybridized carbons (Fsp3) is 0.583. The van der Waals surface area contributed by atoms with Crippen LogP contribution in [0.3, 0.4) is 0 Å². The van der Waals surface area contributed by atoms with Gasteiger partial charge in [0.2, 0.25) is 5.88 Å². The van der Waals surface area contributed by atoms with Crippen molar-refractivity contribution in [1.29, 1.82) is 0 Å². The maximum Gasteiger partial charge on any atom is 0.215 e. The Bertz CT molecular complexity index is 401. The summed E-state index contributed by atoms with van der Waals surface area (Å²) in [5, 5.41) is 6.93. The largest absolute Gasteiger partial charge is 0.481 e. The summed E-state index contributed by atoms with van der Waals surface area (Å²) in [5.74, 6) is 1.58. The Morgan fingerprint density at radius 3 is 2.75 bits per heavy atom. The molecule has 2 aliphatic rings. The van der Waals surface area contributed by atoms with Crippen LogP contribution in [0, 0.1) is 5.41 Å². The van der Waals surface area contributed by atoms with Crippen LogP contribution in [0.5, 0.6) is 5.88 Å². The average Bonchev–Trinajstić information content (AvgIpc) is 2.47. The summed E-state index contributed by atoms with van der Waals surface area (Å²) >= 11 is 0. The lowest BCUT2D eigenvalue weighted by atomic mass is 9.69. The number of aromatic nitrogens is 1. The lowest BCUT2D eigenvalue weighted by Gasteiger charge is -2.40. The number of methoxy groups -OCH3 is 1. The van der Waals surface area contributed by atoms with E-state index < -0.39 is 0 Å².